The maximum absolute atomic E-state index is 13.0. The van der Waals surface area contributed by atoms with Crippen molar-refractivity contribution >= 4 is 24.1 Å². The number of benzene rings is 1. The lowest BCUT2D eigenvalue weighted by Crippen LogP contribution is -2.69. The third-order valence-electron chi connectivity index (χ3n) is 8.98. The molecule has 0 spiro atoms. The van der Waals surface area contributed by atoms with Crippen molar-refractivity contribution in [3.63, 3.8) is 0 Å². The van der Waals surface area contributed by atoms with Crippen molar-refractivity contribution in [3.8, 4) is 11.5 Å². The van der Waals surface area contributed by atoms with Crippen LogP contribution in [-0.2, 0) is 45.2 Å². The number of likely N-dealkylation sites (N-methyl/N-ethyl adjacent to an activating group) is 1. The zero-order valence-corrected chi connectivity index (χ0v) is 28.1. The molecule has 1 N–H and O–H groups in total. The number of carbonyl (C=O) groups is 4. The predicted octanol–water partition coefficient (Wildman–Crippen LogP) is 4.51. The van der Waals surface area contributed by atoms with Gasteiger partial charge in [0.2, 0.25) is 0 Å². The van der Waals surface area contributed by atoms with E-state index in [1.807, 2.05) is 33.9 Å². The van der Waals surface area contributed by atoms with Gasteiger partial charge < -0.3 is 38.4 Å². The van der Waals surface area contributed by atoms with Crippen LogP contribution >= 0.6 is 0 Å². The molecule has 0 amide bonds. The average molecular weight is 646 g/mol. The standard InChI is InChI=1S/C34H47NO11/c1-9-11-18-41-30(38)20(3)42-25(36)14-15-26(37)43-23-16-17-34(40)24(35(8)10-2)19-21-12-13-22(44-31(39)46-32(4,5)6)28-27(21)33(34,7)29(23)45-28/h12-13,16,20,24,29,40H,9-11,14-15,17-19H2,1-8H3/t20-,24+,29-,33-,34+/m0/s1. The van der Waals surface area contributed by atoms with Crippen molar-refractivity contribution in [1.82, 2.24) is 4.90 Å². The molecule has 4 rings (SSSR count). The van der Waals surface area contributed by atoms with Crippen LogP contribution in [0, 0.1) is 0 Å². The molecule has 12 nitrogen and oxygen atoms in total. The van der Waals surface area contributed by atoms with E-state index in [0.29, 0.717) is 24.9 Å². The van der Waals surface area contributed by atoms with Gasteiger partial charge in [0.25, 0.3) is 0 Å². The smallest absolute Gasteiger partial charge is 0.477 e. The van der Waals surface area contributed by atoms with E-state index in [-0.39, 0.29) is 49.2 Å². The van der Waals surface area contributed by atoms with Gasteiger partial charge in [0.15, 0.2) is 23.7 Å². The first-order chi connectivity index (χ1) is 21.5. The van der Waals surface area contributed by atoms with Gasteiger partial charge in [-0.05, 0) is 78.8 Å². The Morgan fingerprint density at radius 1 is 1.11 bits per heavy atom. The second-order valence-corrected chi connectivity index (χ2v) is 13.3. The van der Waals surface area contributed by atoms with E-state index in [2.05, 4.69) is 4.90 Å². The molecule has 254 valence electrons. The molecule has 1 aromatic rings. The second-order valence-electron chi connectivity index (χ2n) is 13.3. The number of esters is 3. The lowest BCUT2D eigenvalue weighted by Gasteiger charge is -2.56. The highest BCUT2D eigenvalue weighted by molar-refractivity contribution is 5.82. The largest absolute Gasteiger partial charge is 0.514 e. The van der Waals surface area contributed by atoms with Crippen LogP contribution in [0.3, 0.4) is 0 Å². The molecule has 2 aliphatic carbocycles. The van der Waals surface area contributed by atoms with Crippen molar-refractivity contribution in [3.05, 3.63) is 35.1 Å². The van der Waals surface area contributed by atoms with E-state index in [9.17, 15) is 24.3 Å². The van der Waals surface area contributed by atoms with Gasteiger partial charge in [-0.25, -0.2) is 9.59 Å². The van der Waals surface area contributed by atoms with Crippen molar-refractivity contribution in [2.75, 3.05) is 20.2 Å². The Morgan fingerprint density at radius 2 is 1.80 bits per heavy atom. The maximum Gasteiger partial charge on any atom is 0.514 e. The quantitative estimate of drug-likeness (QED) is 0.148. The summed E-state index contributed by atoms with van der Waals surface area (Å²) in [6.07, 6.45) is 0.333. The summed E-state index contributed by atoms with van der Waals surface area (Å²) in [6.45, 7) is 13.4. The van der Waals surface area contributed by atoms with Crippen LogP contribution in [0.15, 0.2) is 24.0 Å². The topological polar surface area (TPSA) is 147 Å². The number of rotatable bonds is 12. The monoisotopic (exact) mass is 645 g/mol. The van der Waals surface area contributed by atoms with Crippen molar-refractivity contribution < 1.29 is 52.7 Å². The fraction of sp³-hybridized carbons (Fsp3) is 0.647. The van der Waals surface area contributed by atoms with Gasteiger partial charge in [-0.3, -0.25) is 9.59 Å². The minimum Gasteiger partial charge on any atom is -0.477 e. The highest BCUT2D eigenvalue weighted by atomic mass is 16.7. The van der Waals surface area contributed by atoms with Crippen LogP contribution in [0.25, 0.3) is 0 Å². The van der Waals surface area contributed by atoms with Gasteiger partial charge in [-0.1, -0.05) is 26.3 Å². The fourth-order valence-corrected chi connectivity index (χ4v) is 6.45. The van der Waals surface area contributed by atoms with Gasteiger partial charge in [-0.15, -0.1) is 0 Å². The van der Waals surface area contributed by atoms with E-state index >= 15 is 0 Å². The maximum atomic E-state index is 13.0. The van der Waals surface area contributed by atoms with E-state index in [4.69, 9.17) is 28.4 Å². The molecular weight excluding hydrogens is 598 g/mol. The van der Waals surface area contributed by atoms with E-state index in [1.54, 1.807) is 32.9 Å². The van der Waals surface area contributed by atoms with Crippen LogP contribution in [-0.4, -0.2) is 83.7 Å². The summed E-state index contributed by atoms with van der Waals surface area (Å²) >= 11 is 0. The first-order valence-electron chi connectivity index (χ1n) is 16.0. The Kier molecular flexibility index (Phi) is 10.4. The molecule has 5 atom stereocenters. The third kappa shape index (κ3) is 6.88. The van der Waals surface area contributed by atoms with Crippen LogP contribution in [0.5, 0.6) is 11.5 Å². The Hall–Kier alpha value is -3.64. The van der Waals surface area contributed by atoms with Gasteiger partial charge in [0.05, 0.1) is 30.5 Å². The van der Waals surface area contributed by atoms with E-state index in [1.165, 1.54) is 6.92 Å². The summed E-state index contributed by atoms with van der Waals surface area (Å²) < 4.78 is 33.4. The normalized spacial score (nSPS) is 25.0. The molecule has 0 aromatic heterocycles. The zero-order chi connectivity index (χ0) is 34.0. The van der Waals surface area contributed by atoms with Crippen LogP contribution in [0.2, 0.25) is 0 Å². The molecule has 0 radical (unpaired) electrons. The molecule has 46 heavy (non-hydrogen) atoms. The van der Waals surface area contributed by atoms with Gasteiger partial charge >= 0.3 is 24.1 Å². The average Bonchev–Trinajstić information content (AvgIpc) is 3.31. The molecule has 1 aromatic carbocycles. The van der Waals surface area contributed by atoms with Crippen molar-refractivity contribution in [2.24, 2.45) is 0 Å². The number of ether oxygens (including phenoxy) is 6. The van der Waals surface area contributed by atoms with Gasteiger partial charge in [-0.2, -0.15) is 0 Å². The highest BCUT2D eigenvalue weighted by Gasteiger charge is 2.68. The molecule has 1 heterocycles. The Labute approximate surface area is 270 Å². The number of carbonyl (C=O) groups excluding carboxylic acids is 4. The summed E-state index contributed by atoms with van der Waals surface area (Å²) in [4.78, 5) is 52.1. The van der Waals surface area contributed by atoms with E-state index < -0.39 is 52.9 Å². The first kappa shape index (κ1) is 35.2. The predicted molar refractivity (Wildman–Crippen MR) is 165 cm³/mol. The Morgan fingerprint density at radius 3 is 2.46 bits per heavy atom. The van der Waals surface area contributed by atoms with Crippen molar-refractivity contribution in [2.45, 2.75) is 122 Å². The number of hydrogen-bond donors (Lipinski definition) is 1. The summed E-state index contributed by atoms with van der Waals surface area (Å²) in [5, 5.41) is 12.5. The Balaban J connectivity index is 1.54. The van der Waals surface area contributed by atoms with Crippen molar-refractivity contribution in [1.29, 1.82) is 0 Å². The summed E-state index contributed by atoms with van der Waals surface area (Å²) in [5.41, 5.74) is -1.59. The molecule has 1 aliphatic heterocycles. The molecule has 0 saturated carbocycles. The zero-order valence-electron chi connectivity index (χ0n) is 28.1. The van der Waals surface area contributed by atoms with Gasteiger partial charge in [0, 0.05) is 18.0 Å². The summed E-state index contributed by atoms with van der Waals surface area (Å²) in [6, 6.07) is 3.22. The Bertz CT molecular complexity index is 1380. The molecule has 0 saturated heterocycles. The molecular formula is C34H47NO11. The number of unbranched alkanes of at least 4 members (excludes halogenated alkanes) is 1. The summed E-state index contributed by atoms with van der Waals surface area (Å²) in [5.74, 6) is -1.51. The number of hydrogen-bond acceptors (Lipinski definition) is 12. The SMILES string of the molecule is CCCCOC(=O)[C@H](C)OC(=O)CCC(=O)OC1=CC[C@@]2(O)[C@H](N(C)CC)Cc3ccc(OC(=O)OC(C)(C)C)c4c3[C@@]2(C)[C@H]1O4. The van der Waals surface area contributed by atoms with Crippen LogP contribution < -0.4 is 9.47 Å². The molecule has 3 aliphatic rings. The number of aliphatic hydroxyl groups is 1. The van der Waals surface area contributed by atoms with Crippen LogP contribution in [0.1, 0.15) is 91.7 Å². The minimum absolute atomic E-state index is 0.129. The highest BCUT2D eigenvalue weighted by Crippen LogP contribution is 2.62. The first-order valence-corrected chi connectivity index (χ1v) is 16.0. The second kappa shape index (κ2) is 13.6. The van der Waals surface area contributed by atoms with E-state index in [0.717, 1.165) is 12.0 Å². The van der Waals surface area contributed by atoms with Gasteiger partial charge in [0.1, 0.15) is 11.4 Å². The van der Waals surface area contributed by atoms with Crippen LogP contribution in [0.4, 0.5) is 4.79 Å². The lowest BCUT2D eigenvalue weighted by atomic mass is 9.54. The minimum atomic E-state index is -1.33. The number of nitrogens with zero attached hydrogens (tertiary/aromatic N) is 1. The summed E-state index contributed by atoms with van der Waals surface area (Å²) in [7, 11) is 1.95. The molecule has 12 heteroatoms. The third-order valence-corrected chi connectivity index (χ3v) is 8.98. The molecule has 0 unspecified atom stereocenters. The lowest BCUT2D eigenvalue weighted by molar-refractivity contribution is -0.167. The molecule has 0 bridgehead atoms. The molecule has 0 fully saturated rings. The fourth-order valence-electron chi connectivity index (χ4n) is 6.45.